The fraction of sp³-hybridized carbons (Fsp3) is 0.615. The number of aliphatic hydroxyl groups is 1. The number of nitrogens with two attached hydrogens (primary N) is 1. The van der Waals surface area contributed by atoms with E-state index in [1.54, 1.807) is 13.1 Å². The molecule has 0 amide bonds. The van der Waals surface area contributed by atoms with Gasteiger partial charge >= 0.3 is 0 Å². The molecule has 6 heteroatoms. The number of anilines is 1. The molecule has 0 fully saturated rings. The van der Waals surface area contributed by atoms with Crippen LogP contribution in [0.5, 0.6) is 0 Å². The number of rotatable bonds is 6. The Morgan fingerprint density at radius 2 is 2.16 bits per heavy atom. The predicted molar refractivity (Wildman–Crippen MR) is 80.0 cm³/mol. The number of carbonyl (C=O) groups is 1. The van der Waals surface area contributed by atoms with Crippen molar-refractivity contribution in [2.45, 2.75) is 45.1 Å². The van der Waals surface area contributed by atoms with Crippen molar-refractivity contribution in [3.63, 3.8) is 0 Å². The largest absolute Gasteiger partial charge is 0.396 e. The van der Waals surface area contributed by atoms with Crippen LogP contribution in [-0.2, 0) is 10.5 Å². The van der Waals surface area contributed by atoms with E-state index in [9.17, 15) is 4.79 Å². The van der Waals surface area contributed by atoms with Crippen LogP contribution in [0.4, 0.5) is 5.82 Å². The first-order valence-corrected chi connectivity index (χ1v) is 7.40. The number of Topliss-reactive ketones (excluding diaryl/α,β-unsaturated/α-hetero) is 1. The van der Waals surface area contributed by atoms with Gasteiger partial charge in [-0.3, -0.25) is 4.79 Å². The third-order valence-corrected chi connectivity index (χ3v) is 3.75. The minimum Gasteiger partial charge on any atom is -0.396 e. The van der Waals surface area contributed by atoms with E-state index in [-0.39, 0.29) is 17.6 Å². The third-order valence-electron chi connectivity index (χ3n) is 2.30. The summed E-state index contributed by atoms with van der Waals surface area (Å²) in [5, 5.41) is 8.67. The van der Waals surface area contributed by atoms with Crippen molar-refractivity contribution in [1.29, 1.82) is 0 Å². The molecule has 0 saturated heterocycles. The minimum absolute atomic E-state index is 0.0110. The first kappa shape index (κ1) is 17.9. The molecule has 3 N–H and O–H groups in total. The maximum Gasteiger partial charge on any atom is 0.142 e. The van der Waals surface area contributed by atoms with E-state index in [4.69, 9.17) is 10.8 Å². The zero-order chi connectivity index (χ0) is 14.8. The van der Waals surface area contributed by atoms with E-state index in [0.717, 1.165) is 5.56 Å². The average molecular weight is 285 g/mol. The molecule has 0 spiro atoms. The lowest BCUT2D eigenvalue weighted by Crippen LogP contribution is -2.15. The topological polar surface area (TPSA) is 89.1 Å². The number of aryl methyl sites for hydroxylation is 1. The van der Waals surface area contributed by atoms with Crippen LogP contribution in [0.3, 0.4) is 0 Å². The Morgan fingerprint density at radius 3 is 2.63 bits per heavy atom. The number of hydrogen-bond donors (Lipinski definition) is 2. The van der Waals surface area contributed by atoms with Crippen molar-refractivity contribution in [2.24, 2.45) is 0 Å². The normalized spacial score (nSPS) is 11.4. The zero-order valence-corrected chi connectivity index (χ0v) is 12.8. The third kappa shape index (κ3) is 6.54. The Kier molecular flexibility index (Phi) is 9.16. The summed E-state index contributed by atoms with van der Waals surface area (Å²) in [6.07, 6.45) is 2.15. The fourth-order valence-corrected chi connectivity index (χ4v) is 2.45. The molecule has 1 heterocycles. The highest BCUT2D eigenvalue weighted by molar-refractivity contribution is 7.99. The summed E-state index contributed by atoms with van der Waals surface area (Å²) < 4.78 is 0. The van der Waals surface area contributed by atoms with E-state index in [1.165, 1.54) is 18.7 Å². The SMILES string of the molecule is CC.CC(=O)C(CCO)SCc1cnc(C)nc1N. The van der Waals surface area contributed by atoms with Crippen molar-refractivity contribution in [1.82, 2.24) is 9.97 Å². The second kappa shape index (κ2) is 9.75. The minimum atomic E-state index is -0.194. The zero-order valence-electron chi connectivity index (χ0n) is 12.0. The predicted octanol–water partition coefficient (Wildman–Crippen LogP) is 1.97. The number of thioether (sulfide) groups is 1. The summed E-state index contributed by atoms with van der Waals surface area (Å²) in [5.41, 5.74) is 6.58. The van der Waals surface area contributed by atoms with Gasteiger partial charge in [-0.25, -0.2) is 9.97 Å². The molecule has 0 aromatic carbocycles. The maximum atomic E-state index is 11.3. The quantitative estimate of drug-likeness (QED) is 0.830. The fourth-order valence-electron chi connectivity index (χ4n) is 1.34. The summed E-state index contributed by atoms with van der Waals surface area (Å²) in [6, 6.07) is 0. The number of nitrogen functional groups attached to an aromatic ring is 1. The Morgan fingerprint density at radius 1 is 1.53 bits per heavy atom. The van der Waals surface area contributed by atoms with Gasteiger partial charge in [-0.05, 0) is 20.3 Å². The van der Waals surface area contributed by atoms with Crippen LogP contribution in [0.2, 0.25) is 0 Å². The highest BCUT2D eigenvalue weighted by Crippen LogP contribution is 2.23. The molecule has 19 heavy (non-hydrogen) atoms. The molecule has 0 aliphatic rings. The Labute approximate surface area is 119 Å². The van der Waals surface area contributed by atoms with Crippen LogP contribution < -0.4 is 5.73 Å². The first-order chi connectivity index (χ1) is 9.04. The summed E-state index contributed by atoms with van der Waals surface area (Å²) in [7, 11) is 0. The number of hydrogen-bond acceptors (Lipinski definition) is 6. The average Bonchev–Trinajstić information content (AvgIpc) is 2.38. The number of aromatic nitrogens is 2. The molecule has 0 aliphatic heterocycles. The first-order valence-electron chi connectivity index (χ1n) is 6.35. The summed E-state index contributed by atoms with van der Waals surface area (Å²) in [6.45, 7) is 7.32. The van der Waals surface area contributed by atoms with Crippen LogP contribution in [0, 0.1) is 6.92 Å². The van der Waals surface area contributed by atoms with Gasteiger partial charge in [0.15, 0.2) is 0 Å². The van der Waals surface area contributed by atoms with E-state index in [1.807, 2.05) is 13.8 Å². The molecule has 1 aromatic heterocycles. The Balaban J connectivity index is 0.00000154. The molecular weight excluding hydrogens is 262 g/mol. The maximum absolute atomic E-state index is 11.3. The molecule has 0 radical (unpaired) electrons. The lowest BCUT2D eigenvalue weighted by Gasteiger charge is -2.12. The number of carbonyl (C=O) groups excluding carboxylic acids is 1. The lowest BCUT2D eigenvalue weighted by molar-refractivity contribution is -0.116. The molecule has 1 unspecified atom stereocenters. The smallest absolute Gasteiger partial charge is 0.142 e. The Hall–Kier alpha value is -1.14. The second-order valence-electron chi connectivity index (χ2n) is 3.75. The highest BCUT2D eigenvalue weighted by atomic mass is 32.2. The lowest BCUT2D eigenvalue weighted by atomic mass is 10.2. The van der Waals surface area contributed by atoms with Gasteiger partial charge in [0.1, 0.15) is 17.4 Å². The highest BCUT2D eigenvalue weighted by Gasteiger charge is 2.15. The van der Waals surface area contributed by atoms with Gasteiger partial charge in [0.05, 0.1) is 5.25 Å². The number of nitrogens with zero attached hydrogens (tertiary/aromatic N) is 2. The molecule has 1 aromatic rings. The molecule has 1 atom stereocenters. The van der Waals surface area contributed by atoms with Crippen LogP contribution in [0.1, 0.15) is 38.6 Å². The standard InChI is InChI=1S/C11H17N3O2S.C2H6/c1-7(16)10(3-4-15)17-6-9-5-13-8(2)14-11(9)12;1-2/h5,10,15H,3-4,6H2,1-2H3,(H2,12,13,14);1-2H3. The molecule has 5 nitrogen and oxygen atoms in total. The van der Waals surface area contributed by atoms with Crippen molar-refractivity contribution >= 4 is 23.4 Å². The van der Waals surface area contributed by atoms with Crippen molar-refractivity contribution in [2.75, 3.05) is 12.3 Å². The van der Waals surface area contributed by atoms with Gasteiger partial charge in [-0.15, -0.1) is 11.8 Å². The molecule has 0 saturated carbocycles. The number of aliphatic hydroxyl groups excluding tert-OH is 1. The molecule has 108 valence electrons. The van der Waals surface area contributed by atoms with Crippen LogP contribution >= 0.6 is 11.8 Å². The van der Waals surface area contributed by atoms with Gasteiger partial charge in [-0.2, -0.15) is 0 Å². The Bertz CT molecular complexity index is 399. The van der Waals surface area contributed by atoms with Crippen molar-refractivity contribution < 1.29 is 9.90 Å². The van der Waals surface area contributed by atoms with Crippen molar-refractivity contribution in [3.8, 4) is 0 Å². The van der Waals surface area contributed by atoms with Crippen LogP contribution in [0.25, 0.3) is 0 Å². The van der Waals surface area contributed by atoms with E-state index in [0.29, 0.717) is 23.8 Å². The summed E-state index contributed by atoms with van der Waals surface area (Å²) in [4.78, 5) is 19.4. The van der Waals surface area contributed by atoms with E-state index < -0.39 is 0 Å². The van der Waals surface area contributed by atoms with Crippen LogP contribution in [-0.4, -0.2) is 32.7 Å². The van der Waals surface area contributed by atoms with Crippen molar-refractivity contribution in [3.05, 3.63) is 17.6 Å². The van der Waals surface area contributed by atoms with Gasteiger partial charge in [-0.1, -0.05) is 13.8 Å². The van der Waals surface area contributed by atoms with Crippen LogP contribution in [0.15, 0.2) is 6.20 Å². The molecular formula is C13H23N3O2S. The van der Waals surface area contributed by atoms with Gasteiger partial charge in [0.25, 0.3) is 0 Å². The van der Waals surface area contributed by atoms with Gasteiger partial charge in [0, 0.05) is 24.1 Å². The molecule has 1 rings (SSSR count). The van der Waals surface area contributed by atoms with E-state index >= 15 is 0 Å². The molecule has 0 aliphatic carbocycles. The molecule has 0 bridgehead atoms. The second-order valence-corrected chi connectivity index (χ2v) is 4.94. The summed E-state index contributed by atoms with van der Waals surface area (Å²) in [5.74, 6) is 1.73. The monoisotopic (exact) mass is 285 g/mol. The van der Waals surface area contributed by atoms with E-state index in [2.05, 4.69) is 9.97 Å². The summed E-state index contributed by atoms with van der Waals surface area (Å²) >= 11 is 1.46. The number of ketones is 1. The van der Waals surface area contributed by atoms with Gasteiger partial charge < -0.3 is 10.8 Å². The van der Waals surface area contributed by atoms with Gasteiger partial charge in [0.2, 0.25) is 0 Å².